The average molecular weight is 296 g/mol. The predicted molar refractivity (Wildman–Crippen MR) is 77.6 cm³/mol. The molecule has 5 nitrogen and oxygen atoms in total. The zero-order chi connectivity index (χ0) is 14.4. The number of ether oxygens (including phenoxy) is 1. The van der Waals surface area contributed by atoms with Crippen molar-refractivity contribution in [3.8, 4) is 11.4 Å². The van der Waals surface area contributed by atoms with Gasteiger partial charge in [0, 0.05) is 30.8 Å². The number of aromatic nitrogens is 2. The minimum Gasteiger partial charge on any atom is -0.385 e. The molecule has 2 aromatic rings. The second-order valence-corrected chi connectivity index (χ2v) is 5.04. The Labute approximate surface area is 123 Å². The van der Waals surface area contributed by atoms with Crippen molar-refractivity contribution in [3.05, 3.63) is 35.2 Å². The molecule has 1 aromatic carbocycles. The van der Waals surface area contributed by atoms with Crippen LogP contribution in [-0.2, 0) is 11.3 Å². The van der Waals surface area contributed by atoms with Crippen molar-refractivity contribution in [2.24, 2.45) is 0 Å². The highest BCUT2D eigenvalue weighted by atomic mass is 35.5. The van der Waals surface area contributed by atoms with Gasteiger partial charge in [-0.1, -0.05) is 28.9 Å². The molecule has 0 unspecified atom stereocenters. The van der Waals surface area contributed by atoms with Crippen molar-refractivity contribution < 1.29 is 9.26 Å². The zero-order valence-corrected chi connectivity index (χ0v) is 12.4. The largest absolute Gasteiger partial charge is 0.385 e. The SMILES string of the molecule is COCCCN(C)Cc1nc(-c2cccc(Cl)c2)no1. The second kappa shape index (κ2) is 7.38. The minimum absolute atomic E-state index is 0.563. The Bertz CT molecular complexity index is 545. The van der Waals surface area contributed by atoms with Crippen molar-refractivity contribution in [2.75, 3.05) is 27.3 Å². The quantitative estimate of drug-likeness (QED) is 0.735. The Hall–Kier alpha value is -1.43. The molecule has 0 bridgehead atoms. The molecule has 0 radical (unpaired) electrons. The van der Waals surface area contributed by atoms with E-state index in [1.54, 1.807) is 7.11 Å². The maximum atomic E-state index is 5.95. The molecule has 0 N–H and O–H groups in total. The maximum Gasteiger partial charge on any atom is 0.241 e. The number of halogens is 1. The summed E-state index contributed by atoms with van der Waals surface area (Å²) in [4.78, 5) is 6.50. The lowest BCUT2D eigenvalue weighted by atomic mass is 10.2. The summed E-state index contributed by atoms with van der Waals surface area (Å²) in [6, 6.07) is 7.40. The number of hydrogen-bond donors (Lipinski definition) is 0. The van der Waals surface area contributed by atoms with E-state index in [-0.39, 0.29) is 0 Å². The first kappa shape index (κ1) is 15.0. The van der Waals surface area contributed by atoms with E-state index in [0.717, 1.165) is 25.1 Å². The number of hydrogen-bond acceptors (Lipinski definition) is 5. The van der Waals surface area contributed by atoms with E-state index in [2.05, 4.69) is 15.0 Å². The fourth-order valence-corrected chi connectivity index (χ4v) is 2.04. The highest BCUT2D eigenvalue weighted by molar-refractivity contribution is 6.30. The van der Waals surface area contributed by atoms with E-state index in [9.17, 15) is 0 Å². The first-order chi connectivity index (χ1) is 9.69. The molecule has 0 saturated carbocycles. The molecule has 0 saturated heterocycles. The van der Waals surface area contributed by atoms with Crippen LogP contribution in [0.25, 0.3) is 11.4 Å². The number of benzene rings is 1. The Balaban J connectivity index is 1.95. The summed E-state index contributed by atoms with van der Waals surface area (Å²) >= 11 is 5.95. The Morgan fingerprint density at radius 1 is 1.40 bits per heavy atom. The van der Waals surface area contributed by atoms with Crippen LogP contribution >= 0.6 is 11.6 Å². The van der Waals surface area contributed by atoms with Gasteiger partial charge in [0.2, 0.25) is 11.7 Å². The zero-order valence-electron chi connectivity index (χ0n) is 11.7. The van der Waals surface area contributed by atoms with Gasteiger partial charge in [-0.15, -0.1) is 0 Å². The van der Waals surface area contributed by atoms with Gasteiger partial charge in [-0.05, 0) is 25.6 Å². The van der Waals surface area contributed by atoms with Crippen LogP contribution < -0.4 is 0 Å². The molecule has 2 rings (SSSR count). The van der Waals surface area contributed by atoms with E-state index >= 15 is 0 Å². The van der Waals surface area contributed by atoms with Crippen LogP contribution in [0.1, 0.15) is 12.3 Å². The molecular formula is C14H18ClN3O2. The van der Waals surface area contributed by atoms with Gasteiger partial charge in [0.15, 0.2) is 0 Å². The van der Waals surface area contributed by atoms with Gasteiger partial charge in [-0.25, -0.2) is 0 Å². The molecule has 6 heteroatoms. The van der Waals surface area contributed by atoms with Crippen LogP contribution in [0.3, 0.4) is 0 Å². The fraction of sp³-hybridized carbons (Fsp3) is 0.429. The molecule has 108 valence electrons. The van der Waals surface area contributed by atoms with E-state index in [0.29, 0.717) is 23.3 Å². The van der Waals surface area contributed by atoms with Crippen LogP contribution in [0.4, 0.5) is 0 Å². The van der Waals surface area contributed by atoms with Crippen molar-refractivity contribution in [3.63, 3.8) is 0 Å². The van der Waals surface area contributed by atoms with Crippen LogP contribution in [0.5, 0.6) is 0 Å². The Kier molecular flexibility index (Phi) is 5.52. The van der Waals surface area contributed by atoms with Crippen LogP contribution in [0.15, 0.2) is 28.8 Å². The van der Waals surface area contributed by atoms with E-state index < -0.39 is 0 Å². The Morgan fingerprint density at radius 3 is 3.00 bits per heavy atom. The molecule has 0 aliphatic rings. The lowest BCUT2D eigenvalue weighted by Crippen LogP contribution is -2.20. The van der Waals surface area contributed by atoms with E-state index in [1.807, 2.05) is 31.3 Å². The molecular weight excluding hydrogens is 278 g/mol. The Morgan fingerprint density at radius 2 is 2.25 bits per heavy atom. The molecule has 0 aliphatic heterocycles. The lowest BCUT2D eigenvalue weighted by molar-refractivity contribution is 0.173. The topological polar surface area (TPSA) is 51.4 Å². The summed E-state index contributed by atoms with van der Waals surface area (Å²) in [5.74, 6) is 1.16. The van der Waals surface area contributed by atoms with E-state index in [4.69, 9.17) is 20.9 Å². The monoisotopic (exact) mass is 295 g/mol. The van der Waals surface area contributed by atoms with Gasteiger partial charge < -0.3 is 9.26 Å². The van der Waals surface area contributed by atoms with Crippen molar-refractivity contribution in [1.82, 2.24) is 15.0 Å². The summed E-state index contributed by atoms with van der Waals surface area (Å²) in [7, 11) is 3.72. The highest BCUT2D eigenvalue weighted by Gasteiger charge is 2.10. The molecule has 0 aliphatic carbocycles. The summed E-state index contributed by atoms with van der Waals surface area (Å²) < 4.78 is 10.3. The van der Waals surface area contributed by atoms with Crippen LogP contribution in [0.2, 0.25) is 5.02 Å². The van der Waals surface area contributed by atoms with Crippen molar-refractivity contribution in [1.29, 1.82) is 0 Å². The third kappa shape index (κ3) is 4.30. The van der Waals surface area contributed by atoms with Crippen molar-refractivity contribution in [2.45, 2.75) is 13.0 Å². The molecule has 1 aromatic heterocycles. The van der Waals surface area contributed by atoms with Gasteiger partial charge in [0.05, 0.1) is 6.54 Å². The molecule has 20 heavy (non-hydrogen) atoms. The number of nitrogens with zero attached hydrogens (tertiary/aromatic N) is 3. The van der Waals surface area contributed by atoms with Gasteiger partial charge in [-0.3, -0.25) is 4.90 Å². The van der Waals surface area contributed by atoms with E-state index in [1.165, 1.54) is 0 Å². The fourth-order valence-electron chi connectivity index (χ4n) is 1.85. The first-order valence-corrected chi connectivity index (χ1v) is 6.83. The number of rotatable bonds is 7. The number of methoxy groups -OCH3 is 1. The summed E-state index contributed by atoms with van der Waals surface area (Å²) in [5.41, 5.74) is 0.856. The summed E-state index contributed by atoms with van der Waals surface area (Å²) in [5, 5.41) is 4.64. The smallest absolute Gasteiger partial charge is 0.241 e. The summed E-state index contributed by atoms with van der Waals surface area (Å²) in [6.07, 6.45) is 0.974. The van der Waals surface area contributed by atoms with Crippen LogP contribution in [-0.4, -0.2) is 42.3 Å². The molecule has 0 spiro atoms. The standard InChI is InChI=1S/C14H18ClN3O2/c1-18(7-4-8-19-2)10-13-16-14(17-20-13)11-5-3-6-12(15)9-11/h3,5-6,9H,4,7-8,10H2,1-2H3. The highest BCUT2D eigenvalue weighted by Crippen LogP contribution is 2.20. The maximum absolute atomic E-state index is 5.95. The lowest BCUT2D eigenvalue weighted by Gasteiger charge is -2.12. The predicted octanol–water partition coefficient (Wildman–Crippen LogP) is 2.86. The average Bonchev–Trinajstić information content (AvgIpc) is 2.87. The van der Waals surface area contributed by atoms with Crippen molar-refractivity contribution >= 4 is 11.6 Å². The minimum atomic E-state index is 0.563. The van der Waals surface area contributed by atoms with Crippen LogP contribution in [0, 0.1) is 0 Å². The third-order valence-corrected chi connectivity index (χ3v) is 3.08. The van der Waals surface area contributed by atoms with Gasteiger partial charge in [0.1, 0.15) is 0 Å². The normalized spacial score (nSPS) is 11.2. The molecule has 1 heterocycles. The molecule has 0 atom stereocenters. The molecule has 0 amide bonds. The summed E-state index contributed by atoms with van der Waals surface area (Å²) in [6.45, 7) is 2.29. The first-order valence-electron chi connectivity index (χ1n) is 6.45. The van der Waals surface area contributed by atoms with Gasteiger partial charge in [0.25, 0.3) is 0 Å². The van der Waals surface area contributed by atoms with Gasteiger partial charge in [-0.2, -0.15) is 4.98 Å². The molecule has 0 fully saturated rings. The second-order valence-electron chi connectivity index (χ2n) is 4.61. The van der Waals surface area contributed by atoms with Gasteiger partial charge >= 0.3 is 0 Å². The third-order valence-electron chi connectivity index (χ3n) is 2.84.